The Morgan fingerprint density at radius 1 is 1.32 bits per heavy atom. The van der Waals surface area contributed by atoms with Crippen molar-refractivity contribution < 1.29 is 9.50 Å². The largest absolute Gasteiger partial charge is 0.392 e. The lowest BCUT2D eigenvalue weighted by Crippen LogP contribution is -2.13. The number of benzene rings is 1. The highest BCUT2D eigenvalue weighted by Crippen LogP contribution is 2.11. The standard InChI is InChI=1S/C14H18FN3O/c1-10-13(8-18(2)17-10)7-16-6-11-3-4-14(15)12(5-11)9-19/h3-5,8,16,19H,6-7,9H2,1-2H3. The van der Waals surface area contributed by atoms with Crippen LogP contribution in [0, 0.1) is 12.7 Å². The van der Waals surface area contributed by atoms with E-state index in [9.17, 15) is 4.39 Å². The Bertz CT molecular complexity index is 566. The highest BCUT2D eigenvalue weighted by atomic mass is 19.1. The molecule has 2 rings (SSSR count). The van der Waals surface area contributed by atoms with E-state index < -0.39 is 0 Å². The predicted octanol–water partition coefficient (Wildman–Crippen LogP) is 1.65. The molecule has 4 nitrogen and oxygen atoms in total. The molecule has 0 spiro atoms. The summed E-state index contributed by atoms with van der Waals surface area (Å²) in [5.41, 5.74) is 3.43. The Hall–Kier alpha value is -1.72. The molecular formula is C14H18FN3O. The Kier molecular flexibility index (Phi) is 4.29. The van der Waals surface area contributed by atoms with Gasteiger partial charge in [-0.2, -0.15) is 5.10 Å². The van der Waals surface area contributed by atoms with Crippen LogP contribution in [0.3, 0.4) is 0 Å². The fourth-order valence-electron chi connectivity index (χ4n) is 2.02. The molecule has 0 fully saturated rings. The minimum atomic E-state index is -0.366. The maximum absolute atomic E-state index is 13.2. The number of hydrogen-bond acceptors (Lipinski definition) is 3. The summed E-state index contributed by atoms with van der Waals surface area (Å²) in [5, 5.41) is 16.6. The summed E-state index contributed by atoms with van der Waals surface area (Å²) < 4.78 is 15.0. The summed E-state index contributed by atoms with van der Waals surface area (Å²) in [7, 11) is 1.89. The molecule has 1 heterocycles. The van der Waals surface area contributed by atoms with Crippen LogP contribution < -0.4 is 5.32 Å². The maximum Gasteiger partial charge on any atom is 0.128 e. The van der Waals surface area contributed by atoms with Gasteiger partial charge in [-0.3, -0.25) is 4.68 Å². The number of nitrogens with one attached hydrogen (secondary N) is 1. The van der Waals surface area contributed by atoms with E-state index in [-0.39, 0.29) is 12.4 Å². The summed E-state index contributed by atoms with van der Waals surface area (Å²) in [6.45, 7) is 3.04. The van der Waals surface area contributed by atoms with Crippen LogP contribution >= 0.6 is 0 Å². The van der Waals surface area contributed by atoms with Crippen LogP contribution in [-0.2, 0) is 26.7 Å². The molecule has 0 aliphatic rings. The van der Waals surface area contributed by atoms with Gasteiger partial charge in [-0.1, -0.05) is 6.07 Å². The van der Waals surface area contributed by atoms with Crippen molar-refractivity contribution in [2.75, 3.05) is 0 Å². The molecule has 0 aliphatic heterocycles. The normalized spacial score (nSPS) is 10.9. The van der Waals surface area contributed by atoms with Gasteiger partial charge in [0.1, 0.15) is 5.82 Å². The Labute approximate surface area is 111 Å². The Balaban J connectivity index is 1.94. The van der Waals surface area contributed by atoms with Crippen LogP contribution in [0.15, 0.2) is 24.4 Å². The Morgan fingerprint density at radius 3 is 2.74 bits per heavy atom. The second-order valence-electron chi connectivity index (χ2n) is 4.60. The van der Waals surface area contributed by atoms with Gasteiger partial charge in [-0.25, -0.2) is 4.39 Å². The van der Waals surface area contributed by atoms with E-state index in [0.717, 1.165) is 16.8 Å². The first-order chi connectivity index (χ1) is 9.10. The zero-order chi connectivity index (χ0) is 13.8. The third kappa shape index (κ3) is 3.39. The fourth-order valence-corrected chi connectivity index (χ4v) is 2.02. The van der Waals surface area contributed by atoms with E-state index >= 15 is 0 Å². The molecule has 1 aromatic heterocycles. The first-order valence-electron chi connectivity index (χ1n) is 6.18. The monoisotopic (exact) mass is 263 g/mol. The molecule has 0 bridgehead atoms. The van der Waals surface area contributed by atoms with Gasteiger partial charge in [0, 0.05) is 37.5 Å². The topological polar surface area (TPSA) is 50.1 Å². The molecule has 0 unspecified atom stereocenters. The first-order valence-corrected chi connectivity index (χ1v) is 6.18. The fraction of sp³-hybridized carbons (Fsp3) is 0.357. The van der Waals surface area contributed by atoms with Crippen LogP contribution in [-0.4, -0.2) is 14.9 Å². The summed E-state index contributed by atoms with van der Waals surface area (Å²) in [4.78, 5) is 0. The molecule has 2 N–H and O–H groups in total. The lowest BCUT2D eigenvalue weighted by Gasteiger charge is -2.06. The number of aliphatic hydroxyl groups excluding tert-OH is 1. The Morgan fingerprint density at radius 2 is 2.11 bits per heavy atom. The van der Waals surface area contributed by atoms with Crippen molar-refractivity contribution in [2.24, 2.45) is 7.05 Å². The van der Waals surface area contributed by atoms with Crippen molar-refractivity contribution in [3.63, 3.8) is 0 Å². The van der Waals surface area contributed by atoms with Crippen LogP contribution in [0.25, 0.3) is 0 Å². The van der Waals surface area contributed by atoms with Gasteiger partial charge in [-0.05, 0) is 24.6 Å². The van der Waals surface area contributed by atoms with Crippen molar-refractivity contribution in [3.05, 3.63) is 52.6 Å². The smallest absolute Gasteiger partial charge is 0.128 e. The summed E-state index contributed by atoms with van der Waals surface area (Å²) in [6, 6.07) is 4.79. The van der Waals surface area contributed by atoms with Crippen LogP contribution in [0.2, 0.25) is 0 Å². The molecule has 19 heavy (non-hydrogen) atoms. The molecule has 102 valence electrons. The van der Waals surface area contributed by atoms with Crippen molar-refractivity contribution >= 4 is 0 Å². The van der Waals surface area contributed by atoms with Gasteiger partial charge in [0.15, 0.2) is 0 Å². The predicted molar refractivity (Wildman–Crippen MR) is 70.8 cm³/mol. The minimum absolute atomic E-state index is 0.276. The average Bonchev–Trinajstić information content (AvgIpc) is 2.70. The second-order valence-corrected chi connectivity index (χ2v) is 4.60. The van der Waals surface area contributed by atoms with E-state index in [4.69, 9.17) is 5.11 Å². The summed E-state index contributed by atoms with van der Waals surface area (Å²) >= 11 is 0. The quantitative estimate of drug-likeness (QED) is 0.862. The molecule has 0 radical (unpaired) electrons. The SMILES string of the molecule is Cc1nn(C)cc1CNCc1ccc(F)c(CO)c1. The highest BCUT2D eigenvalue weighted by molar-refractivity contribution is 5.24. The number of aryl methyl sites for hydroxylation is 2. The van der Waals surface area contributed by atoms with Gasteiger partial charge in [0.25, 0.3) is 0 Å². The number of hydrogen-bond donors (Lipinski definition) is 2. The van der Waals surface area contributed by atoms with E-state index in [2.05, 4.69) is 10.4 Å². The summed E-state index contributed by atoms with van der Waals surface area (Å²) in [6.07, 6.45) is 1.98. The van der Waals surface area contributed by atoms with E-state index in [0.29, 0.717) is 18.7 Å². The minimum Gasteiger partial charge on any atom is -0.392 e. The number of aromatic nitrogens is 2. The third-order valence-corrected chi connectivity index (χ3v) is 3.04. The average molecular weight is 263 g/mol. The molecular weight excluding hydrogens is 245 g/mol. The van der Waals surface area contributed by atoms with Gasteiger partial charge >= 0.3 is 0 Å². The molecule has 0 saturated carbocycles. The van der Waals surface area contributed by atoms with Gasteiger partial charge < -0.3 is 10.4 Å². The van der Waals surface area contributed by atoms with Crippen molar-refractivity contribution in [3.8, 4) is 0 Å². The molecule has 2 aromatic rings. The highest BCUT2D eigenvalue weighted by Gasteiger charge is 2.04. The number of halogens is 1. The maximum atomic E-state index is 13.2. The lowest BCUT2D eigenvalue weighted by molar-refractivity contribution is 0.275. The van der Waals surface area contributed by atoms with Crippen molar-refractivity contribution in [1.29, 1.82) is 0 Å². The molecule has 1 aromatic carbocycles. The lowest BCUT2D eigenvalue weighted by atomic mass is 10.1. The molecule has 0 saturated heterocycles. The van der Waals surface area contributed by atoms with Crippen molar-refractivity contribution in [1.82, 2.24) is 15.1 Å². The van der Waals surface area contributed by atoms with Gasteiger partial charge in [0.05, 0.1) is 12.3 Å². The molecule has 0 amide bonds. The number of aliphatic hydroxyl groups is 1. The summed E-state index contributed by atoms with van der Waals surface area (Å²) in [5.74, 6) is -0.366. The first kappa shape index (κ1) is 13.7. The van der Waals surface area contributed by atoms with Gasteiger partial charge in [-0.15, -0.1) is 0 Å². The zero-order valence-corrected chi connectivity index (χ0v) is 11.2. The van der Waals surface area contributed by atoms with Crippen LogP contribution in [0.1, 0.15) is 22.4 Å². The van der Waals surface area contributed by atoms with E-state index in [1.807, 2.05) is 20.2 Å². The van der Waals surface area contributed by atoms with E-state index in [1.165, 1.54) is 6.07 Å². The van der Waals surface area contributed by atoms with Crippen LogP contribution in [0.4, 0.5) is 4.39 Å². The molecule has 0 aliphatic carbocycles. The molecule has 0 atom stereocenters. The van der Waals surface area contributed by atoms with E-state index in [1.54, 1.807) is 16.8 Å². The van der Waals surface area contributed by atoms with Crippen molar-refractivity contribution in [2.45, 2.75) is 26.6 Å². The number of nitrogens with zero attached hydrogens (tertiary/aromatic N) is 2. The third-order valence-electron chi connectivity index (χ3n) is 3.04. The zero-order valence-electron chi connectivity index (χ0n) is 11.2. The molecule has 5 heteroatoms. The number of rotatable bonds is 5. The second kappa shape index (κ2) is 5.95. The van der Waals surface area contributed by atoms with Gasteiger partial charge in [0.2, 0.25) is 0 Å². The van der Waals surface area contributed by atoms with Crippen LogP contribution in [0.5, 0.6) is 0 Å².